The summed E-state index contributed by atoms with van der Waals surface area (Å²) in [5.41, 5.74) is 3.60. The molecule has 4 aromatic rings. The van der Waals surface area contributed by atoms with Crippen LogP contribution in [0.25, 0.3) is 27.8 Å². The Morgan fingerprint density at radius 1 is 1.17 bits per heavy atom. The number of ether oxygens (including phenoxy) is 2. The lowest BCUT2D eigenvalue weighted by atomic mass is 10.1. The molecule has 2 N–H and O–H groups in total. The highest BCUT2D eigenvalue weighted by Gasteiger charge is 2.19. The summed E-state index contributed by atoms with van der Waals surface area (Å²) in [4.78, 5) is 9.02. The third kappa shape index (κ3) is 3.33. The van der Waals surface area contributed by atoms with Crippen LogP contribution in [0.5, 0.6) is 17.5 Å². The molecule has 0 unspecified atom stereocenters. The van der Waals surface area contributed by atoms with Gasteiger partial charge in [0.15, 0.2) is 5.75 Å². The molecule has 0 aliphatic heterocycles. The van der Waals surface area contributed by atoms with Gasteiger partial charge in [0.1, 0.15) is 0 Å². The number of aliphatic hydroxyl groups is 1. The summed E-state index contributed by atoms with van der Waals surface area (Å²) in [7, 11) is 3.09. The lowest BCUT2D eigenvalue weighted by molar-refractivity contribution is 0.168. The van der Waals surface area contributed by atoms with Gasteiger partial charge >= 0.3 is 0 Å². The van der Waals surface area contributed by atoms with Crippen molar-refractivity contribution in [3.8, 4) is 34.5 Å². The zero-order valence-corrected chi connectivity index (χ0v) is 17.2. The van der Waals surface area contributed by atoms with E-state index in [2.05, 4.69) is 10.1 Å². The maximum absolute atomic E-state index is 10.8. The quantitative estimate of drug-likeness (QED) is 0.504. The second kappa shape index (κ2) is 7.68. The summed E-state index contributed by atoms with van der Waals surface area (Å²) in [6.07, 6.45) is 4.57. The van der Waals surface area contributed by atoms with E-state index in [1.807, 2.05) is 25.1 Å². The fourth-order valence-electron chi connectivity index (χ4n) is 3.49. The first-order valence-electron chi connectivity index (χ1n) is 9.43. The standard InChI is InChI=1S/C21H23N5O4/c1-12(27)10-25-11-15(9-23-25)26-13(2)19-16(21(26)28)5-6-17(24-19)14-7-18(29-3)20(30-4)22-8-14/h5-9,11-12,27-28H,10H2,1-4H3/t12-/m0/s1. The van der Waals surface area contributed by atoms with Crippen LogP contribution < -0.4 is 9.47 Å². The predicted molar refractivity (Wildman–Crippen MR) is 111 cm³/mol. The highest BCUT2D eigenvalue weighted by atomic mass is 16.5. The van der Waals surface area contributed by atoms with Crippen molar-refractivity contribution in [3.05, 3.63) is 42.5 Å². The molecule has 0 aliphatic rings. The van der Waals surface area contributed by atoms with E-state index in [-0.39, 0.29) is 5.88 Å². The number of aromatic nitrogens is 5. The molecule has 0 amide bonds. The minimum atomic E-state index is -0.518. The number of methoxy groups -OCH3 is 2. The molecular weight excluding hydrogens is 386 g/mol. The number of nitrogens with zero attached hydrogens (tertiary/aromatic N) is 5. The van der Waals surface area contributed by atoms with Crippen LogP contribution in [-0.4, -0.2) is 54.9 Å². The Labute approximate surface area is 173 Å². The summed E-state index contributed by atoms with van der Waals surface area (Å²) in [6, 6.07) is 5.46. The molecule has 0 aromatic carbocycles. The average molecular weight is 409 g/mol. The molecule has 0 spiro atoms. The Morgan fingerprint density at radius 2 is 1.97 bits per heavy atom. The number of hydrogen-bond donors (Lipinski definition) is 2. The van der Waals surface area contributed by atoms with Crippen molar-refractivity contribution in [1.29, 1.82) is 0 Å². The summed E-state index contributed by atoms with van der Waals surface area (Å²) < 4.78 is 13.9. The molecule has 0 radical (unpaired) electrons. The van der Waals surface area contributed by atoms with Gasteiger partial charge in [0.05, 0.1) is 55.3 Å². The fourth-order valence-corrected chi connectivity index (χ4v) is 3.49. The maximum Gasteiger partial charge on any atom is 0.256 e. The van der Waals surface area contributed by atoms with Crippen LogP contribution >= 0.6 is 0 Å². The molecule has 9 heteroatoms. The molecule has 30 heavy (non-hydrogen) atoms. The Kier molecular flexibility index (Phi) is 5.04. The van der Waals surface area contributed by atoms with Gasteiger partial charge < -0.3 is 19.7 Å². The Morgan fingerprint density at radius 3 is 2.67 bits per heavy atom. The molecule has 0 bridgehead atoms. The third-order valence-electron chi connectivity index (χ3n) is 4.88. The summed E-state index contributed by atoms with van der Waals surface area (Å²) >= 11 is 0. The number of rotatable bonds is 6. The van der Waals surface area contributed by atoms with Gasteiger partial charge in [-0.1, -0.05) is 0 Å². The Hall–Kier alpha value is -3.59. The first-order valence-corrected chi connectivity index (χ1v) is 9.43. The van der Waals surface area contributed by atoms with Crippen LogP contribution in [0, 0.1) is 6.92 Å². The average Bonchev–Trinajstić information content (AvgIpc) is 3.28. The van der Waals surface area contributed by atoms with Crippen molar-refractivity contribution in [2.45, 2.75) is 26.5 Å². The Bertz CT molecular complexity index is 1210. The fraction of sp³-hybridized carbons (Fsp3) is 0.286. The number of aliphatic hydroxyl groups excluding tert-OH is 1. The van der Waals surface area contributed by atoms with E-state index >= 15 is 0 Å². The summed E-state index contributed by atoms with van der Waals surface area (Å²) in [5.74, 6) is 1.000. The number of fused-ring (bicyclic) bond motifs is 1. The minimum Gasteiger partial charge on any atom is -0.494 e. The SMILES string of the molecule is COc1cc(-c2ccc3c(O)n(-c4cnn(C[C@H](C)O)c4)c(C)c3n2)cnc1OC. The first kappa shape index (κ1) is 19.7. The lowest BCUT2D eigenvalue weighted by Gasteiger charge is -2.08. The van der Waals surface area contributed by atoms with Gasteiger partial charge in [0.2, 0.25) is 5.88 Å². The van der Waals surface area contributed by atoms with E-state index in [1.54, 1.807) is 41.9 Å². The van der Waals surface area contributed by atoms with Gasteiger partial charge in [-0.3, -0.25) is 9.25 Å². The van der Waals surface area contributed by atoms with Gasteiger partial charge in [-0.25, -0.2) is 9.97 Å². The lowest BCUT2D eigenvalue weighted by Crippen LogP contribution is -2.11. The van der Waals surface area contributed by atoms with Crippen LogP contribution in [0.15, 0.2) is 36.8 Å². The summed E-state index contributed by atoms with van der Waals surface area (Å²) in [5, 5.41) is 25.3. The van der Waals surface area contributed by atoms with Crippen molar-refractivity contribution in [2.75, 3.05) is 14.2 Å². The van der Waals surface area contributed by atoms with Crippen LogP contribution in [0.2, 0.25) is 0 Å². The van der Waals surface area contributed by atoms with E-state index in [1.165, 1.54) is 7.11 Å². The predicted octanol–water partition coefficient (Wildman–Crippen LogP) is 2.70. The zero-order chi connectivity index (χ0) is 21.4. The zero-order valence-electron chi connectivity index (χ0n) is 17.2. The number of pyridine rings is 2. The van der Waals surface area contributed by atoms with Crippen LogP contribution in [0.3, 0.4) is 0 Å². The molecule has 9 nitrogen and oxygen atoms in total. The van der Waals surface area contributed by atoms with E-state index < -0.39 is 6.10 Å². The van der Waals surface area contributed by atoms with Gasteiger partial charge in [-0.15, -0.1) is 0 Å². The molecule has 4 aromatic heterocycles. The largest absolute Gasteiger partial charge is 0.494 e. The van der Waals surface area contributed by atoms with Crippen molar-refractivity contribution in [3.63, 3.8) is 0 Å². The highest BCUT2D eigenvalue weighted by Crippen LogP contribution is 2.35. The third-order valence-corrected chi connectivity index (χ3v) is 4.88. The molecule has 4 heterocycles. The van der Waals surface area contributed by atoms with E-state index in [4.69, 9.17) is 14.5 Å². The Balaban J connectivity index is 1.79. The van der Waals surface area contributed by atoms with Crippen LogP contribution in [0.1, 0.15) is 12.6 Å². The second-order valence-corrected chi connectivity index (χ2v) is 7.04. The van der Waals surface area contributed by atoms with Gasteiger partial charge in [-0.05, 0) is 32.0 Å². The molecule has 0 saturated carbocycles. The monoisotopic (exact) mass is 409 g/mol. The van der Waals surface area contributed by atoms with Crippen molar-refractivity contribution >= 4 is 10.9 Å². The number of aryl methyl sites for hydroxylation is 1. The van der Waals surface area contributed by atoms with E-state index in [0.717, 1.165) is 11.3 Å². The first-order chi connectivity index (χ1) is 14.4. The summed E-state index contributed by atoms with van der Waals surface area (Å²) in [6.45, 7) is 3.95. The van der Waals surface area contributed by atoms with Gasteiger partial charge in [0.25, 0.3) is 5.88 Å². The molecule has 1 atom stereocenters. The number of hydrogen-bond acceptors (Lipinski definition) is 7. The van der Waals surface area contributed by atoms with Crippen LogP contribution in [0.4, 0.5) is 0 Å². The van der Waals surface area contributed by atoms with Gasteiger partial charge in [-0.2, -0.15) is 5.10 Å². The molecular formula is C21H23N5O4. The van der Waals surface area contributed by atoms with Crippen molar-refractivity contribution < 1.29 is 19.7 Å². The van der Waals surface area contributed by atoms with E-state index in [0.29, 0.717) is 40.5 Å². The van der Waals surface area contributed by atoms with E-state index in [9.17, 15) is 10.2 Å². The highest BCUT2D eigenvalue weighted by molar-refractivity contribution is 5.90. The smallest absolute Gasteiger partial charge is 0.256 e. The van der Waals surface area contributed by atoms with Crippen molar-refractivity contribution in [1.82, 2.24) is 24.3 Å². The molecule has 0 fully saturated rings. The normalized spacial score (nSPS) is 12.3. The maximum atomic E-state index is 10.8. The topological polar surface area (TPSA) is 107 Å². The van der Waals surface area contributed by atoms with Crippen molar-refractivity contribution in [2.24, 2.45) is 0 Å². The molecule has 0 aliphatic carbocycles. The second-order valence-electron chi connectivity index (χ2n) is 7.04. The molecule has 156 valence electrons. The molecule has 4 rings (SSSR count). The molecule has 0 saturated heterocycles. The minimum absolute atomic E-state index is 0.0867. The van der Waals surface area contributed by atoms with Gasteiger partial charge in [0, 0.05) is 23.7 Å². The van der Waals surface area contributed by atoms with Crippen LogP contribution in [-0.2, 0) is 6.54 Å². The number of aromatic hydroxyl groups is 1.